The Morgan fingerprint density at radius 3 is 2.21 bits per heavy atom. The normalized spacial score (nSPS) is 20.8. The predicted octanol–water partition coefficient (Wildman–Crippen LogP) is 3.35. The summed E-state index contributed by atoms with van der Waals surface area (Å²) < 4.78 is 31.5. The van der Waals surface area contributed by atoms with Gasteiger partial charge in [0.1, 0.15) is 5.75 Å². The average Bonchev–Trinajstić information content (AvgIpc) is 3.00. The van der Waals surface area contributed by atoms with Crippen LogP contribution in [0.25, 0.3) is 0 Å². The number of aliphatic hydroxyl groups is 1. The van der Waals surface area contributed by atoms with Crippen molar-refractivity contribution >= 4 is 15.8 Å². The molecular formula is C33H41N3O5S. The van der Waals surface area contributed by atoms with Crippen LogP contribution in [0.4, 0.5) is 0 Å². The Kier molecular flexibility index (Phi) is 10.1. The number of β-amino-alcohol motifs (C(OH)–C–C–N with tert-alkyl or cyclic N) is 1. The molecular weight excluding hydrogens is 550 g/mol. The Labute approximate surface area is 249 Å². The van der Waals surface area contributed by atoms with E-state index < -0.39 is 21.9 Å². The van der Waals surface area contributed by atoms with Gasteiger partial charge in [-0.3, -0.25) is 9.80 Å². The molecule has 0 bridgehead atoms. The van der Waals surface area contributed by atoms with Gasteiger partial charge in [0, 0.05) is 45.8 Å². The van der Waals surface area contributed by atoms with E-state index in [-0.39, 0.29) is 16.6 Å². The van der Waals surface area contributed by atoms with E-state index in [0.29, 0.717) is 24.4 Å². The van der Waals surface area contributed by atoms with E-state index in [1.807, 2.05) is 35.2 Å². The zero-order valence-electron chi connectivity index (χ0n) is 24.3. The maximum atomic E-state index is 13.0. The van der Waals surface area contributed by atoms with Gasteiger partial charge in [-0.05, 0) is 79.9 Å². The number of likely N-dealkylation sites (tertiary alicyclic amines) is 1. The standard InChI is InChI=1S/C33H41N3O5S/c1-34-17-19-36(20-18-34)24-27-7-9-28(10-8-27)33(38)41-30-11-13-31(14-12-30)42(39,40)22-21-35-16-15-29(32(37)25-35)23-26-5-3-2-4-6-26/h2-14,29,32,37H,15-25H2,1H3. The molecule has 2 heterocycles. The van der Waals surface area contributed by atoms with Crippen molar-refractivity contribution in [2.24, 2.45) is 5.92 Å². The Morgan fingerprint density at radius 1 is 0.857 bits per heavy atom. The van der Waals surface area contributed by atoms with Crippen molar-refractivity contribution in [1.29, 1.82) is 0 Å². The molecule has 224 valence electrons. The summed E-state index contributed by atoms with van der Waals surface area (Å²) in [6.45, 7) is 6.62. The van der Waals surface area contributed by atoms with E-state index in [4.69, 9.17) is 4.74 Å². The fourth-order valence-corrected chi connectivity index (χ4v) is 6.95. The molecule has 5 rings (SSSR count). The van der Waals surface area contributed by atoms with Crippen molar-refractivity contribution in [3.63, 3.8) is 0 Å². The molecule has 3 aromatic rings. The van der Waals surface area contributed by atoms with Gasteiger partial charge in [-0.25, -0.2) is 13.2 Å². The van der Waals surface area contributed by atoms with E-state index >= 15 is 0 Å². The molecule has 0 aromatic heterocycles. The summed E-state index contributed by atoms with van der Waals surface area (Å²) in [6.07, 6.45) is 1.17. The van der Waals surface area contributed by atoms with E-state index in [2.05, 4.69) is 29.0 Å². The molecule has 42 heavy (non-hydrogen) atoms. The molecule has 3 aromatic carbocycles. The highest BCUT2D eigenvalue weighted by atomic mass is 32.2. The summed E-state index contributed by atoms with van der Waals surface area (Å²) >= 11 is 0. The minimum atomic E-state index is -3.53. The first-order valence-electron chi connectivity index (χ1n) is 14.7. The van der Waals surface area contributed by atoms with Crippen molar-refractivity contribution in [3.8, 4) is 5.75 Å². The van der Waals surface area contributed by atoms with E-state index in [1.54, 1.807) is 12.1 Å². The predicted molar refractivity (Wildman–Crippen MR) is 163 cm³/mol. The van der Waals surface area contributed by atoms with E-state index in [1.165, 1.54) is 29.8 Å². The number of ether oxygens (including phenoxy) is 1. The quantitative estimate of drug-likeness (QED) is 0.284. The molecule has 2 fully saturated rings. The number of sulfone groups is 1. The van der Waals surface area contributed by atoms with Crippen LogP contribution in [0.5, 0.6) is 5.75 Å². The number of hydrogen-bond donors (Lipinski definition) is 1. The fourth-order valence-electron chi connectivity index (χ4n) is 5.66. The lowest BCUT2D eigenvalue weighted by atomic mass is 9.88. The number of carbonyl (C=O) groups is 1. The van der Waals surface area contributed by atoms with Gasteiger partial charge in [0.05, 0.1) is 22.3 Å². The topological polar surface area (TPSA) is 90.4 Å². The molecule has 1 N–H and O–H groups in total. The van der Waals surface area contributed by atoms with Gasteiger partial charge in [-0.2, -0.15) is 0 Å². The zero-order chi connectivity index (χ0) is 29.5. The number of esters is 1. The van der Waals surface area contributed by atoms with Crippen molar-refractivity contribution in [2.75, 3.05) is 58.6 Å². The van der Waals surface area contributed by atoms with Crippen molar-refractivity contribution in [3.05, 3.63) is 95.6 Å². The van der Waals surface area contributed by atoms with Crippen LogP contribution >= 0.6 is 0 Å². The lowest BCUT2D eigenvalue weighted by Gasteiger charge is -2.36. The van der Waals surface area contributed by atoms with Gasteiger partial charge < -0.3 is 14.7 Å². The average molecular weight is 592 g/mol. The van der Waals surface area contributed by atoms with Gasteiger partial charge in [-0.1, -0.05) is 42.5 Å². The highest BCUT2D eigenvalue weighted by Gasteiger charge is 2.28. The first kappa shape index (κ1) is 30.4. The third-order valence-electron chi connectivity index (χ3n) is 8.41. The highest BCUT2D eigenvalue weighted by molar-refractivity contribution is 7.91. The molecule has 0 amide bonds. The van der Waals surface area contributed by atoms with Crippen LogP contribution in [0.15, 0.2) is 83.8 Å². The number of piperidine rings is 1. The second kappa shape index (κ2) is 13.9. The van der Waals surface area contributed by atoms with Crippen LogP contribution in [0.1, 0.15) is 27.9 Å². The third-order valence-corrected chi connectivity index (χ3v) is 10.1. The first-order valence-corrected chi connectivity index (χ1v) is 16.4. The molecule has 2 atom stereocenters. The van der Waals surface area contributed by atoms with Crippen molar-refractivity contribution in [1.82, 2.24) is 14.7 Å². The van der Waals surface area contributed by atoms with Gasteiger partial charge in [0.25, 0.3) is 0 Å². The summed E-state index contributed by atoms with van der Waals surface area (Å²) in [5, 5.41) is 10.7. The van der Waals surface area contributed by atoms with E-state index in [9.17, 15) is 18.3 Å². The molecule has 0 radical (unpaired) electrons. The number of likely N-dealkylation sites (N-methyl/N-ethyl adjacent to an activating group) is 1. The lowest BCUT2D eigenvalue weighted by molar-refractivity contribution is 0.0245. The minimum absolute atomic E-state index is 0.0390. The molecule has 0 aliphatic carbocycles. The van der Waals surface area contributed by atoms with Crippen molar-refractivity contribution < 1.29 is 23.1 Å². The largest absolute Gasteiger partial charge is 0.423 e. The molecule has 8 nitrogen and oxygen atoms in total. The Bertz CT molecular complexity index is 1410. The summed E-state index contributed by atoms with van der Waals surface area (Å²) in [6, 6.07) is 23.6. The molecule has 9 heteroatoms. The number of benzene rings is 3. The Hall–Kier alpha value is -3.08. The number of hydrogen-bond acceptors (Lipinski definition) is 8. The molecule has 2 aliphatic heterocycles. The zero-order valence-corrected chi connectivity index (χ0v) is 25.1. The van der Waals surface area contributed by atoms with Crippen LogP contribution < -0.4 is 4.74 Å². The lowest BCUT2D eigenvalue weighted by Crippen LogP contribution is -2.46. The van der Waals surface area contributed by atoms with Crippen LogP contribution in [0.3, 0.4) is 0 Å². The van der Waals surface area contributed by atoms with Gasteiger partial charge >= 0.3 is 5.97 Å². The molecule has 2 saturated heterocycles. The summed E-state index contributed by atoms with van der Waals surface area (Å²) in [5.74, 6) is -0.0477. The van der Waals surface area contributed by atoms with Gasteiger partial charge in [0.2, 0.25) is 0 Å². The number of rotatable bonds is 10. The van der Waals surface area contributed by atoms with Crippen LogP contribution in [-0.4, -0.2) is 98.9 Å². The first-order chi connectivity index (χ1) is 20.2. The van der Waals surface area contributed by atoms with Gasteiger partial charge in [0.15, 0.2) is 9.84 Å². The smallest absolute Gasteiger partial charge is 0.343 e. The van der Waals surface area contributed by atoms with Crippen LogP contribution in [-0.2, 0) is 22.8 Å². The SMILES string of the molecule is CN1CCN(Cc2ccc(C(=O)Oc3ccc(S(=O)(=O)CCN4CCC(Cc5ccccc5)C(O)C4)cc3)cc2)CC1. The second-order valence-corrected chi connectivity index (χ2v) is 13.7. The number of aliphatic hydroxyl groups excluding tert-OH is 1. The van der Waals surface area contributed by atoms with Crippen LogP contribution in [0, 0.1) is 5.92 Å². The number of nitrogens with zero attached hydrogens (tertiary/aromatic N) is 3. The highest BCUT2D eigenvalue weighted by Crippen LogP contribution is 2.23. The summed E-state index contributed by atoms with van der Waals surface area (Å²) in [5.41, 5.74) is 2.81. The molecule has 0 spiro atoms. The second-order valence-electron chi connectivity index (χ2n) is 11.6. The van der Waals surface area contributed by atoms with Gasteiger partial charge in [-0.15, -0.1) is 0 Å². The summed E-state index contributed by atoms with van der Waals surface area (Å²) in [4.78, 5) is 19.6. The third kappa shape index (κ3) is 8.26. The number of carbonyl (C=O) groups excluding carboxylic acids is 1. The monoisotopic (exact) mass is 591 g/mol. The number of piperazine rings is 1. The maximum absolute atomic E-state index is 13.0. The van der Waals surface area contributed by atoms with Crippen molar-refractivity contribution in [2.45, 2.75) is 30.4 Å². The molecule has 0 saturated carbocycles. The molecule has 2 unspecified atom stereocenters. The molecule has 2 aliphatic rings. The minimum Gasteiger partial charge on any atom is -0.423 e. The van der Waals surface area contributed by atoms with E-state index in [0.717, 1.165) is 57.7 Å². The Balaban J connectivity index is 1.08. The fraction of sp³-hybridized carbons (Fsp3) is 0.424. The maximum Gasteiger partial charge on any atom is 0.343 e. The van der Waals surface area contributed by atoms with Crippen LogP contribution in [0.2, 0.25) is 0 Å². The summed E-state index contributed by atoms with van der Waals surface area (Å²) in [7, 11) is -1.39. The Morgan fingerprint density at radius 2 is 1.55 bits per heavy atom.